The van der Waals surface area contributed by atoms with Gasteiger partial charge in [0, 0.05) is 6.54 Å². The van der Waals surface area contributed by atoms with Crippen molar-refractivity contribution in [1.82, 2.24) is 5.32 Å². The zero-order chi connectivity index (χ0) is 17.5. The Morgan fingerprint density at radius 2 is 1.96 bits per heavy atom. The SMILES string of the molecule is COC(=O)c1cc(C=CCCNC(=O)OC(C)(C)C)ccc1C. The molecule has 0 atom stereocenters. The van der Waals surface area contributed by atoms with Crippen LogP contribution in [0.2, 0.25) is 0 Å². The molecule has 5 heteroatoms. The molecule has 0 aliphatic carbocycles. The van der Waals surface area contributed by atoms with Gasteiger partial charge in [0.1, 0.15) is 5.60 Å². The molecule has 0 aromatic heterocycles. The van der Waals surface area contributed by atoms with Crippen LogP contribution in [-0.2, 0) is 9.47 Å². The lowest BCUT2D eigenvalue weighted by Crippen LogP contribution is -2.32. The first-order valence-electron chi connectivity index (χ1n) is 7.55. The fraction of sp³-hybridized carbons (Fsp3) is 0.444. The minimum atomic E-state index is -0.494. The van der Waals surface area contributed by atoms with Crippen LogP contribution in [0.5, 0.6) is 0 Å². The molecule has 0 saturated carbocycles. The Morgan fingerprint density at radius 3 is 2.57 bits per heavy atom. The van der Waals surface area contributed by atoms with E-state index in [0.29, 0.717) is 18.5 Å². The molecule has 5 nitrogen and oxygen atoms in total. The monoisotopic (exact) mass is 319 g/mol. The lowest BCUT2D eigenvalue weighted by Gasteiger charge is -2.19. The number of aryl methyl sites for hydroxylation is 1. The highest BCUT2D eigenvalue weighted by atomic mass is 16.6. The van der Waals surface area contributed by atoms with Crippen molar-refractivity contribution in [3.63, 3.8) is 0 Å². The van der Waals surface area contributed by atoms with Gasteiger partial charge in [-0.1, -0.05) is 24.3 Å². The van der Waals surface area contributed by atoms with E-state index in [2.05, 4.69) is 5.32 Å². The third kappa shape index (κ3) is 7.00. The quantitative estimate of drug-likeness (QED) is 0.664. The van der Waals surface area contributed by atoms with Gasteiger partial charge in [0.2, 0.25) is 0 Å². The van der Waals surface area contributed by atoms with E-state index in [-0.39, 0.29) is 5.97 Å². The van der Waals surface area contributed by atoms with Gasteiger partial charge >= 0.3 is 12.1 Å². The lowest BCUT2D eigenvalue weighted by molar-refractivity contribution is 0.0527. The zero-order valence-electron chi connectivity index (χ0n) is 14.4. The van der Waals surface area contributed by atoms with E-state index in [1.165, 1.54) is 7.11 Å². The molecule has 1 aromatic carbocycles. The third-order valence-corrected chi connectivity index (χ3v) is 2.96. The number of ether oxygens (including phenoxy) is 2. The molecule has 1 aromatic rings. The second-order valence-electron chi connectivity index (χ2n) is 6.19. The highest BCUT2D eigenvalue weighted by Crippen LogP contribution is 2.14. The van der Waals surface area contributed by atoms with Crippen LogP contribution in [0.25, 0.3) is 6.08 Å². The van der Waals surface area contributed by atoms with E-state index in [0.717, 1.165) is 11.1 Å². The molecular formula is C18H25NO4. The van der Waals surface area contributed by atoms with Gasteiger partial charge < -0.3 is 14.8 Å². The molecule has 0 aliphatic heterocycles. The normalized spacial score (nSPS) is 11.3. The molecule has 126 valence electrons. The largest absolute Gasteiger partial charge is 0.465 e. The zero-order valence-corrected chi connectivity index (χ0v) is 14.4. The molecular weight excluding hydrogens is 294 g/mol. The molecule has 0 fully saturated rings. The van der Waals surface area contributed by atoms with Crippen LogP contribution in [-0.4, -0.2) is 31.3 Å². The molecule has 1 rings (SSSR count). The average Bonchev–Trinajstić information content (AvgIpc) is 2.45. The molecule has 1 N–H and O–H groups in total. The van der Waals surface area contributed by atoms with Crippen LogP contribution >= 0.6 is 0 Å². The van der Waals surface area contributed by atoms with Gasteiger partial charge in [-0.05, 0) is 51.3 Å². The Balaban J connectivity index is 2.50. The van der Waals surface area contributed by atoms with Crippen LogP contribution in [0.4, 0.5) is 4.79 Å². The highest BCUT2D eigenvalue weighted by molar-refractivity contribution is 5.91. The van der Waals surface area contributed by atoms with E-state index in [1.54, 1.807) is 6.07 Å². The third-order valence-electron chi connectivity index (χ3n) is 2.96. The molecule has 0 heterocycles. The van der Waals surface area contributed by atoms with E-state index in [4.69, 9.17) is 9.47 Å². The summed E-state index contributed by atoms with van der Waals surface area (Å²) in [6.45, 7) is 7.82. The second kappa shape index (κ2) is 8.36. The predicted octanol–water partition coefficient (Wildman–Crippen LogP) is 3.71. The molecule has 0 unspecified atom stereocenters. The van der Waals surface area contributed by atoms with Gasteiger partial charge in [-0.3, -0.25) is 0 Å². The Bertz CT molecular complexity index is 585. The van der Waals surface area contributed by atoms with Crippen molar-refractivity contribution in [3.8, 4) is 0 Å². The number of amides is 1. The van der Waals surface area contributed by atoms with Gasteiger partial charge in [0.05, 0.1) is 12.7 Å². The molecule has 0 aliphatic rings. The van der Waals surface area contributed by atoms with Crippen molar-refractivity contribution in [2.24, 2.45) is 0 Å². The summed E-state index contributed by atoms with van der Waals surface area (Å²) in [5.74, 6) is -0.343. The van der Waals surface area contributed by atoms with Gasteiger partial charge in [0.15, 0.2) is 0 Å². The molecule has 0 radical (unpaired) electrons. The van der Waals surface area contributed by atoms with Crippen molar-refractivity contribution in [3.05, 3.63) is 41.0 Å². The maximum absolute atomic E-state index is 11.6. The summed E-state index contributed by atoms with van der Waals surface area (Å²) in [6, 6.07) is 5.60. The summed E-state index contributed by atoms with van der Waals surface area (Å²) in [4.78, 5) is 23.1. The summed E-state index contributed by atoms with van der Waals surface area (Å²) in [5, 5.41) is 2.69. The molecule has 23 heavy (non-hydrogen) atoms. The number of alkyl carbamates (subject to hydrolysis) is 1. The smallest absolute Gasteiger partial charge is 0.407 e. The number of benzene rings is 1. The van der Waals surface area contributed by atoms with Crippen molar-refractivity contribution in [1.29, 1.82) is 0 Å². The number of esters is 1. The van der Waals surface area contributed by atoms with Gasteiger partial charge in [-0.25, -0.2) is 9.59 Å². The predicted molar refractivity (Wildman–Crippen MR) is 90.4 cm³/mol. The van der Waals surface area contributed by atoms with E-state index in [1.807, 2.05) is 52.0 Å². The summed E-state index contributed by atoms with van der Waals surface area (Å²) in [6.07, 6.45) is 4.08. The number of carbonyl (C=O) groups excluding carboxylic acids is 2. The number of rotatable bonds is 5. The number of carbonyl (C=O) groups is 2. The first-order valence-corrected chi connectivity index (χ1v) is 7.55. The summed E-state index contributed by atoms with van der Waals surface area (Å²) >= 11 is 0. The standard InChI is InChI=1S/C18H25NO4/c1-13-9-10-14(12-15(13)16(20)22-5)8-6-7-11-19-17(21)23-18(2,3)4/h6,8-10,12H,7,11H2,1-5H3,(H,19,21). The summed E-state index contributed by atoms with van der Waals surface area (Å²) in [7, 11) is 1.37. The Hall–Kier alpha value is -2.30. The maximum Gasteiger partial charge on any atom is 0.407 e. The van der Waals surface area contributed by atoms with E-state index in [9.17, 15) is 9.59 Å². The number of methoxy groups -OCH3 is 1. The first-order chi connectivity index (χ1) is 10.7. The summed E-state index contributed by atoms with van der Waals surface area (Å²) in [5.41, 5.74) is 1.85. The van der Waals surface area contributed by atoms with Gasteiger partial charge in [-0.2, -0.15) is 0 Å². The molecule has 1 amide bonds. The van der Waals surface area contributed by atoms with Crippen LogP contribution < -0.4 is 5.32 Å². The van der Waals surface area contributed by atoms with E-state index < -0.39 is 11.7 Å². The lowest BCUT2D eigenvalue weighted by atomic mass is 10.0. The van der Waals surface area contributed by atoms with Crippen molar-refractivity contribution >= 4 is 18.1 Å². The molecule has 0 spiro atoms. The maximum atomic E-state index is 11.6. The van der Waals surface area contributed by atoms with Crippen molar-refractivity contribution < 1.29 is 19.1 Å². The van der Waals surface area contributed by atoms with Crippen LogP contribution in [0.3, 0.4) is 0 Å². The Morgan fingerprint density at radius 1 is 1.26 bits per heavy atom. The fourth-order valence-electron chi connectivity index (χ4n) is 1.86. The minimum Gasteiger partial charge on any atom is -0.465 e. The molecule has 0 bridgehead atoms. The Labute approximate surface area is 137 Å². The van der Waals surface area contributed by atoms with Gasteiger partial charge in [0.25, 0.3) is 0 Å². The second-order valence-corrected chi connectivity index (χ2v) is 6.19. The number of nitrogens with one attached hydrogen (secondary N) is 1. The number of hydrogen-bond acceptors (Lipinski definition) is 4. The van der Waals surface area contributed by atoms with Gasteiger partial charge in [-0.15, -0.1) is 0 Å². The van der Waals surface area contributed by atoms with Crippen LogP contribution in [0.15, 0.2) is 24.3 Å². The first kappa shape index (κ1) is 18.7. The van der Waals surface area contributed by atoms with Crippen molar-refractivity contribution in [2.75, 3.05) is 13.7 Å². The minimum absolute atomic E-state index is 0.343. The van der Waals surface area contributed by atoms with Crippen LogP contribution in [0, 0.1) is 6.92 Å². The number of hydrogen-bond donors (Lipinski definition) is 1. The van der Waals surface area contributed by atoms with Crippen LogP contribution in [0.1, 0.15) is 48.7 Å². The topological polar surface area (TPSA) is 64.6 Å². The average molecular weight is 319 g/mol. The fourth-order valence-corrected chi connectivity index (χ4v) is 1.86. The Kier molecular flexibility index (Phi) is 6.82. The highest BCUT2D eigenvalue weighted by Gasteiger charge is 2.15. The van der Waals surface area contributed by atoms with Crippen molar-refractivity contribution in [2.45, 2.75) is 39.7 Å². The summed E-state index contributed by atoms with van der Waals surface area (Å²) < 4.78 is 9.90. The van der Waals surface area contributed by atoms with E-state index >= 15 is 0 Å². The molecule has 0 saturated heterocycles.